The van der Waals surface area contributed by atoms with Crippen molar-refractivity contribution in [3.63, 3.8) is 0 Å². The van der Waals surface area contributed by atoms with Crippen LogP contribution < -0.4 is 20.0 Å². The number of amides is 3. The average molecular weight is 653 g/mol. The zero-order valence-corrected chi connectivity index (χ0v) is 25.9. The molecule has 3 atom stereocenters. The van der Waals surface area contributed by atoms with Gasteiger partial charge in [0, 0.05) is 36.3 Å². The number of nitrogens with one attached hydrogen (secondary N) is 1. The van der Waals surface area contributed by atoms with Crippen LogP contribution in [0, 0.1) is 12.8 Å². The fourth-order valence-corrected chi connectivity index (χ4v) is 8.49. The SMILES string of the molecule is Cc1ccc(NC(=O)Cn2c3c(sc2=O)[C@@H](c2ccc(N(C)C)cc2)[C@@H]2C(=O)N(c4ccccc4C(F)(F)F)C(=O)[C@@H]2S3)cc1. The van der Waals surface area contributed by atoms with Crippen LogP contribution in [0.5, 0.6) is 0 Å². The van der Waals surface area contributed by atoms with E-state index in [1.54, 1.807) is 24.3 Å². The molecule has 1 saturated heterocycles. The molecule has 0 radical (unpaired) electrons. The maximum atomic E-state index is 14.1. The van der Waals surface area contributed by atoms with Gasteiger partial charge in [-0.25, -0.2) is 4.90 Å². The zero-order valence-electron chi connectivity index (χ0n) is 24.3. The van der Waals surface area contributed by atoms with Crippen LogP contribution in [0.3, 0.4) is 0 Å². The van der Waals surface area contributed by atoms with Gasteiger partial charge in [-0.15, -0.1) is 0 Å². The summed E-state index contributed by atoms with van der Waals surface area (Å²) < 4.78 is 43.3. The van der Waals surface area contributed by atoms with Gasteiger partial charge in [0.2, 0.25) is 17.7 Å². The molecular formula is C32H27F3N4O4S2. The lowest BCUT2D eigenvalue weighted by molar-refractivity contribution is -0.137. The molecule has 2 aliphatic heterocycles. The second kappa shape index (κ2) is 11.5. The Bertz CT molecular complexity index is 1870. The van der Waals surface area contributed by atoms with E-state index >= 15 is 0 Å². The largest absolute Gasteiger partial charge is 0.418 e. The van der Waals surface area contributed by atoms with Crippen LogP contribution in [0.4, 0.5) is 30.2 Å². The van der Waals surface area contributed by atoms with Gasteiger partial charge in [0.15, 0.2) is 0 Å². The minimum atomic E-state index is -4.80. The van der Waals surface area contributed by atoms with Crippen molar-refractivity contribution in [2.45, 2.75) is 35.8 Å². The van der Waals surface area contributed by atoms with Gasteiger partial charge >= 0.3 is 11.0 Å². The maximum absolute atomic E-state index is 14.1. The van der Waals surface area contributed by atoms with Gasteiger partial charge < -0.3 is 10.2 Å². The molecule has 2 aliphatic rings. The number of aromatic nitrogens is 1. The van der Waals surface area contributed by atoms with E-state index in [0.717, 1.165) is 46.5 Å². The van der Waals surface area contributed by atoms with Crippen molar-refractivity contribution < 1.29 is 27.6 Å². The number of carbonyl (C=O) groups excluding carboxylic acids is 3. The molecule has 3 amide bonds. The molecule has 45 heavy (non-hydrogen) atoms. The van der Waals surface area contributed by atoms with E-state index in [-0.39, 0.29) is 6.54 Å². The number of imide groups is 1. The number of benzene rings is 3. The summed E-state index contributed by atoms with van der Waals surface area (Å²) in [6.07, 6.45) is -4.80. The van der Waals surface area contributed by atoms with Gasteiger partial charge in [-0.05, 0) is 48.9 Å². The molecule has 1 aromatic heterocycles. The van der Waals surface area contributed by atoms with Crippen molar-refractivity contribution in [1.29, 1.82) is 0 Å². The summed E-state index contributed by atoms with van der Waals surface area (Å²) in [4.78, 5) is 57.0. The van der Waals surface area contributed by atoms with Gasteiger partial charge in [0.25, 0.3) is 0 Å². The molecule has 8 nitrogen and oxygen atoms in total. The van der Waals surface area contributed by atoms with Crippen molar-refractivity contribution in [2.75, 3.05) is 29.2 Å². The van der Waals surface area contributed by atoms with Gasteiger partial charge in [-0.3, -0.25) is 23.7 Å². The fraction of sp³-hybridized carbons (Fsp3) is 0.250. The van der Waals surface area contributed by atoms with Crippen LogP contribution in [0.15, 0.2) is 82.6 Å². The van der Waals surface area contributed by atoms with Crippen LogP contribution in [-0.4, -0.2) is 41.6 Å². The van der Waals surface area contributed by atoms with Crippen LogP contribution in [0.2, 0.25) is 0 Å². The van der Waals surface area contributed by atoms with Crippen molar-refractivity contribution >= 4 is 57.9 Å². The van der Waals surface area contributed by atoms with E-state index in [0.29, 0.717) is 26.1 Å². The summed E-state index contributed by atoms with van der Waals surface area (Å²) in [6, 6.07) is 18.9. The number of hydrogen-bond donors (Lipinski definition) is 1. The lowest BCUT2D eigenvalue weighted by Crippen LogP contribution is -2.33. The Morgan fingerprint density at radius 1 is 0.933 bits per heavy atom. The molecule has 0 saturated carbocycles. The summed E-state index contributed by atoms with van der Waals surface area (Å²) in [5.41, 5.74) is 1.42. The van der Waals surface area contributed by atoms with Crippen LogP contribution in [0.25, 0.3) is 0 Å². The molecule has 1 fully saturated rings. The quantitative estimate of drug-likeness (QED) is 0.268. The zero-order chi connectivity index (χ0) is 32.2. The molecule has 6 rings (SSSR count). The number of rotatable bonds is 6. The Morgan fingerprint density at radius 2 is 1.60 bits per heavy atom. The maximum Gasteiger partial charge on any atom is 0.418 e. The molecule has 0 aliphatic carbocycles. The Kier molecular flexibility index (Phi) is 7.86. The molecule has 232 valence electrons. The first-order valence-electron chi connectivity index (χ1n) is 13.9. The Balaban J connectivity index is 1.43. The third kappa shape index (κ3) is 5.54. The molecule has 0 bridgehead atoms. The number of thioether (sulfide) groups is 1. The number of alkyl halides is 3. The van der Waals surface area contributed by atoms with Crippen LogP contribution >= 0.6 is 23.1 Å². The minimum Gasteiger partial charge on any atom is -0.378 e. The van der Waals surface area contributed by atoms with Crippen molar-refractivity contribution in [3.8, 4) is 0 Å². The molecular weight excluding hydrogens is 626 g/mol. The molecule has 0 unspecified atom stereocenters. The summed E-state index contributed by atoms with van der Waals surface area (Å²) >= 11 is 1.82. The normalized spacial score (nSPS) is 19.3. The number of aryl methyl sites for hydroxylation is 1. The summed E-state index contributed by atoms with van der Waals surface area (Å²) in [5.74, 6) is -3.92. The van der Waals surface area contributed by atoms with Gasteiger partial charge in [-0.2, -0.15) is 13.2 Å². The second-order valence-corrected chi connectivity index (χ2v) is 13.2. The molecule has 3 aromatic carbocycles. The fourth-order valence-electron chi connectivity index (χ4n) is 5.72. The van der Waals surface area contributed by atoms with E-state index in [2.05, 4.69) is 5.32 Å². The monoisotopic (exact) mass is 652 g/mol. The van der Waals surface area contributed by atoms with E-state index in [1.807, 2.05) is 50.2 Å². The van der Waals surface area contributed by atoms with Crippen molar-refractivity contribution in [2.24, 2.45) is 5.92 Å². The first kappa shape index (κ1) is 30.7. The van der Waals surface area contributed by atoms with Crippen LogP contribution in [-0.2, 0) is 27.1 Å². The van der Waals surface area contributed by atoms with Gasteiger partial charge in [0.05, 0.1) is 22.2 Å². The Hall–Kier alpha value is -4.36. The van der Waals surface area contributed by atoms with Gasteiger partial charge in [0.1, 0.15) is 11.8 Å². The number of halogens is 3. The number of nitrogens with zero attached hydrogens (tertiary/aromatic N) is 3. The lowest BCUT2D eigenvalue weighted by atomic mass is 9.83. The van der Waals surface area contributed by atoms with E-state index < -0.39 is 57.1 Å². The second-order valence-electron chi connectivity index (χ2n) is 11.1. The molecule has 13 heteroatoms. The first-order chi connectivity index (χ1) is 21.3. The van der Waals surface area contributed by atoms with Crippen molar-refractivity contribution in [3.05, 3.63) is 104 Å². The summed E-state index contributed by atoms with van der Waals surface area (Å²) in [7, 11) is 3.73. The standard InChI is InChI=1S/C32H27F3N4O4S2/c1-17-8-12-19(13-9-17)36-23(40)16-38-30-27(45-31(38)43)24(18-10-14-20(15-11-18)37(2)3)25-26(44-30)29(42)39(28(25)41)22-7-5-4-6-21(22)32(33,34)35/h4-15,24-26H,16H2,1-3H3,(H,36,40)/t24-,25-,26+/m0/s1. The number of carbonyl (C=O) groups is 3. The highest BCUT2D eigenvalue weighted by Crippen LogP contribution is 2.54. The Morgan fingerprint density at radius 3 is 2.24 bits per heavy atom. The molecule has 0 spiro atoms. The summed E-state index contributed by atoms with van der Waals surface area (Å²) in [5, 5.41) is 1.99. The molecule has 1 N–H and O–H groups in total. The predicted molar refractivity (Wildman–Crippen MR) is 168 cm³/mol. The molecule has 3 heterocycles. The Labute approximate surface area is 264 Å². The number of anilines is 3. The van der Waals surface area contributed by atoms with Gasteiger partial charge in [-0.1, -0.05) is 65.1 Å². The number of fused-ring (bicyclic) bond motifs is 2. The van der Waals surface area contributed by atoms with E-state index in [9.17, 15) is 32.3 Å². The van der Waals surface area contributed by atoms with Crippen LogP contribution in [0.1, 0.15) is 27.5 Å². The highest BCUT2D eigenvalue weighted by molar-refractivity contribution is 8.00. The highest BCUT2D eigenvalue weighted by atomic mass is 32.2. The highest BCUT2D eigenvalue weighted by Gasteiger charge is 2.57. The van der Waals surface area contributed by atoms with E-state index in [1.165, 1.54) is 16.7 Å². The summed E-state index contributed by atoms with van der Waals surface area (Å²) in [6.45, 7) is 1.56. The van der Waals surface area contributed by atoms with E-state index in [4.69, 9.17) is 0 Å². The minimum absolute atomic E-state index is 0.346. The lowest BCUT2D eigenvalue weighted by Gasteiger charge is -2.31. The number of hydrogen-bond acceptors (Lipinski definition) is 7. The number of thiazole rings is 1. The molecule has 4 aromatic rings. The third-order valence-corrected chi connectivity index (χ3v) is 10.5. The predicted octanol–water partition coefficient (Wildman–Crippen LogP) is 5.74. The smallest absolute Gasteiger partial charge is 0.378 e. The topological polar surface area (TPSA) is 91.7 Å². The number of para-hydroxylation sites is 1. The average Bonchev–Trinajstić information content (AvgIpc) is 3.44. The third-order valence-electron chi connectivity index (χ3n) is 7.91. The van der Waals surface area contributed by atoms with Crippen molar-refractivity contribution in [1.82, 2.24) is 4.57 Å². The first-order valence-corrected chi connectivity index (χ1v) is 15.6.